The maximum atomic E-state index is 13.1. The fraction of sp³-hybridized carbons (Fsp3) is 0.500. The lowest BCUT2D eigenvalue weighted by molar-refractivity contribution is -0.121. The number of anilines is 1. The summed E-state index contributed by atoms with van der Waals surface area (Å²) in [5.74, 6) is -0.118. The summed E-state index contributed by atoms with van der Waals surface area (Å²) in [6.45, 7) is 0.986. The van der Waals surface area contributed by atoms with Crippen LogP contribution in [0, 0.1) is 11.7 Å². The number of hydrogen-bond donors (Lipinski definition) is 1. The summed E-state index contributed by atoms with van der Waals surface area (Å²) in [5.41, 5.74) is 0.447. The molecule has 1 aliphatic heterocycles. The Hall–Kier alpha value is -2.70. The van der Waals surface area contributed by atoms with E-state index in [1.165, 1.54) is 43.5 Å². The van der Waals surface area contributed by atoms with E-state index in [2.05, 4.69) is 10.4 Å². The van der Waals surface area contributed by atoms with Crippen LogP contribution in [0.2, 0.25) is 0 Å². The number of nitrogens with zero attached hydrogens (tertiary/aromatic N) is 3. The van der Waals surface area contributed by atoms with E-state index in [0.717, 1.165) is 31.5 Å². The van der Waals surface area contributed by atoms with Gasteiger partial charge in [0.05, 0.1) is 18.2 Å². The Bertz CT molecular complexity index is 858. The highest BCUT2D eigenvalue weighted by Gasteiger charge is 2.30. The summed E-state index contributed by atoms with van der Waals surface area (Å²) in [4.78, 5) is 27.3. The fourth-order valence-electron chi connectivity index (χ4n) is 4.41. The van der Waals surface area contributed by atoms with Crippen LogP contribution in [0.15, 0.2) is 36.5 Å². The molecule has 1 N–H and O–H groups in total. The number of piperidine rings is 1. The topological polar surface area (TPSA) is 67.2 Å². The zero-order valence-electron chi connectivity index (χ0n) is 16.5. The molecule has 1 unspecified atom stereocenters. The third-order valence-corrected chi connectivity index (χ3v) is 6.01. The molecule has 154 valence electrons. The maximum Gasteiger partial charge on any atom is 0.253 e. The highest BCUT2D eigenvalue weighted by Crippen LogP contribution is 2.30. The number of hydrogen-bond acceptors (Lipinski definition) is 3. The molecule has 2 aromatic rings. The number of carbonyl (C=O) groups excluding carboxylic acids is 2. The average Bonchev–Trinajstić information content (AvgIpc) is 3.22. The first kappa shape index (κ1) is 19.6. The number of carbonyl (C=O) groups is 2. The van der Waals surface area contributed by atoms with Gasteiger partial charge in [0.1, 0.15) is 11.6 Å². The highest BCUT2D eigenvalue weighted by atomic mass is 19.1. The van der Waals surface area contributed by atoms with Gasteiger partial charge in [-0.1, -0.05) is 19.3 Å². The second-order valence-electron chi connectivity index (χ2n) is 8.04. The molecule has 1 aromatic heterocycles. The lowest BCUT2D eigenvalue weighted by Gasteiger charge is -2.32. The third-order valence-electron chi connectivity index (χ3n) is 6.01. The third kappa shape index (κ3) is 4.49. The van der Waals surface area contributed by atoms with Gasteiger partial charge in [-0.2, -0.15) is 5.10 Å². The Labute approximate surface area is 170 Å². The van der Waals surface area contributed by atoms with E-state index >= 15 is 0 Å². The van der Waals surface area contributed by atoms with E-state index in [4.69, 9.17) is 0 Å². The first-order valence-electron chi connectivity index (χ1n) is 10.5. The Morgan fingerprint density at radius 3 is 2.52 bits per heavy atom. The Morgan fingerprint density at radius 2 is 1.76 bits per heavy atom. The van der Waals surface area contributed by atoms with Gasteiger partial charge in [-0.15, -0.1) is 0 Å². The minimum Gasteiger partial charge on any atom is -0.338 e. The van der Waals surface area contributed by atoms with E-state index in [0.29, 0.717) is 24.7 Å². The van der Waals surface area contributed by atoms with Crippen molar-refractivity contribution in [3.05, 3.63) is 47.9 Å². The monoisotopic (exact) mass is 398 g/mol. The summed E-state index contributed by atoms with van der Waals surface area (Å²) < 4.78 is 15.1. The second-order valence-corrected chi connectivity index (χ2v) is 8.04. The van der Waals surface area contributed by atoms with Crippen LogP contribution in [0.4, 0.5) is 10.2 Å². The molecule has 1 aromatic carbocycles. The zero-order chi connectivity index (χ0) is 20.2. The standard InChI is InChI=1S/C22H27FN4O2/c23-18-10-8-16(9-11-18)22(29)26-14-4-5-17(15-26)21(28)25-20-12-13-24-27(20)19-6-2-1-3-7-19/h8-13,17,19H,1-7,14-15H2,(H,25,28). The van der Waals surface area contributed by atoms with Crippen LogP contribution in [0.5, 0.6) is 0 Å². The van der Waals surface area contributed by atoms with Gasteiger partial charge in [-0.05, 0) is 49.9 Å². The predicted octanol–water partition coefficient (Wildman–Crippen LogP) is 4.02. The normalized spacial score (nSPS) is 20.4. The van der Waals surface area contributed by atoms with Gasteiger partial charge < -0.3 is 10.2 Å². The van der Waals surface area contributed by atoms with Crippen LogP contribution in [-0.4, -0.2) is 39.6 Å². The average molecular weight is 398 g/mol. The largest absolute Gasteiger partial charge is 0.338 e. The second kappa shape index (κ2) is 8.76. The first-order valence-corrected chi connectivity index (χ1v) is 10.5. The number of halogens is 1. The van der Waals surface area contributed by atoms with Gasteiger partial charge in [0.2, 0.25) is 5.91 Å². The molecule has 1 atom stereocenters. The molecule has 1 aliphatic carbocycles. The van der Waals surface area contributed by atoms with E-state index in [9.17, 15) is 14.0 Å². The molecule has 1 saturated heterocycles. The summed E-state index contributed by atoms with van der Waals surface area (Å²) in [6, 6.07) is 7.74. The Balaban J connectivity index is 1.40. The van der Waals surface area contributed by atoms with Crippen molar-refractivity contribution in [2.24, 2.45) is 5.92 Å². The predicted molar refractivity (Wildman–Crippen MR) is 108 cm³/mol. The molecule has 4 rings (SSSR count). The smallest absolute Gasteiger partial charge is 0.253 e. The van der Waals surface area contributed by atoms with E-state index in [1.54, 1.807) is 11.1 Å². The van der Waals surface area contributed by atoms with Crippen molar-refractivity contribution in [2.75, 3.05) is 18.4 Å². The molecule has 0 radical (unpaired) electrons. The van der Waals surface area contributed by atoms with Gasteiger partial charge in [-0.25, -0.2) is 9.07 Å². The summed E-state index contributed by atoms with van der Waals surface area (Å²) >= 11 is 0. The van der Waals surface area contributed by atoms with Crippen LogP contribution in [0.1, 0.15) is 61.3 Å². The molecule has 2 fully saturated rings. The molecular formula is C22H27FN4O2. The van der Waals surface area contributed by atoms with Crippen molar-refractivity contribution < 1.29 is 14.0 Å². The number of amides is 2. The van der Waals surface area contributed by atoms with E-state index in [1.807, 2.05) is 10.7 Å². The molecular weight excluding hydrogens is 371 g/mol. The highest BCUT2D eigenvalue weighted by molar-refractivity contribution is 5.96. The molecule has 2 heterocycles. The van der Waals surface area contributed by atoms with Gasteiger partial charge in [0, 0.05) is 24.7 Å². The van der Waals surface area contributed by atoms with Crippen LogP contribution >= 0.6 is 0 Å². The minimum atomic E-state index is -0.368. The van der Waals surface area contributed by atoms with Crippen molar-refractivity contribution in [1.29, 1.82) is 0 Å². The molecule has 1 saturated carbocycles. The van der Waals surface area contributed by atoms with Gasteiger partial charge in [-0.3, -0.25) is 9.59 Å². The SMILES string of the molecule is O=C(Nc1ccnn1C1CCCCC1)C1CCCN(C(=O)c2ccc(F)cc2)C1. The summed E-state index contributed by atoms with van der Waals surface area (Å²) in [7, 11) is 0. The van der Waals surface area contributed by atoms with Crippen LogP contribution in [-0.2, 0) is 4.79 Å². The molecule has 0 bridgehead atoms. The van der Waals surface area contributed by atoms with Crippen molar-refractivity contribution in [2.45, 2.75) is 51.0 Å². The minimum absolute atomic E-state index is 0.0702. The van der Waals surface area contributed by atoms with Gasteiger partial charge >= 0.3 is 0 Å². The van der Waals surface area contributed by atoms with Crippen LogP contribution in [0.25, 0.3) is 0 Å². The number of benzene rings is 1. The first-order chi connectivity index (χ1) is 14.1. The van der Waals surface area contributed by atoms with E-state index < -0.39 is 0 Å². The fourth-order valence-corrected chi connectivity index (χ4v) is 4.41. The molecule has 2 amide bonds. The van der Waals surface area contributed by atoms with Crippen molar-refractivity contribution in [1.82, 2.24) is 14.7 Å². The van der Waals surface area contributed by atoms with Gasteiger partial charge in [0.15, 0.2) is 0 Å². The number of nitrogens with one attached hydrogen (secondary N) is 1. The number of likely N-dealkylation sites (tertiary alicyclic amines) is 1. The van der Waals surface area contributed by atoms with Gasteiger partial charge in [0.25, 0.3) is 5.91 Å². The maximum absolute atomic E-state index is 13.1. The molecule has 6 nitrogen and oxygen atoms in total. The quantitative estimate of drug-likeness (QED) is 0.846. The number of rotatable bonds is 4. The molecule has 0 spiro atoms. The summed E-state index contributed by atoms with van der Waals surface area (Å²) in [5, 5.41) is 7.47. The van der Waals surface area contributed by atoms with E-state index in [-0.39, 0.29) is 23.5 Å². The molecule has 2 aliphatic rings. The lowest BCUT2D eigenvalue weighted by atomic mass is 9.95. The lowest BCUT2D eigenvalue weighted by Crippen LogP contribution is -2.44. The Kier molecular flexibility index (Phi) is 5.92. The van der Waals surface area contributed by atoms with Crippen molar-refractivity contribution in [3.63, 3.8) is 0 Å². The summed E-state index contributed by atoms with van der Waals surface area (Å²) in [6.07, 6.45) is 9.09. The number of aromatic nitrogens is 2. The zero-order valence-corrected chi connectivity index (χ0v) is 16.5. The molecule has 7 heteroatoms. The van der Waals surface area contributed by atoms with Crippen LogP contribution < -0.4 is 5.32 Å². The van der Waals surface area contributed by atoms with Crippen molar-refractivity contribution in [3.8, 4) is 0 Å². The van der Waals surface area contributed by atoms with Crippen LogP contribution in [0.3, 0.4) is 0 Å². The Morgan fingerprint density at radius 1 is 1.00 bits per heavy atom. The molecule has 29 heavy (non-hydrogen) atoms. The van der Waals surface area contributed by atoms with Crippen molar-refractivity contribution >= 4 is 17.6 Å².